The highest BCUT2D eigenvalue weighted by Gasteiger charge is 2.17. The number of hydrogen-bond acceptors (Lipinski definition) is 2. The van der Waals surface area contributed by atoms with E-state index in [1.807, 2.05) is 0 Å². The van der Waals surface area contributed by atoms with E-state index in [1.165, 1.54) is 23.5 Å². The molecule has 0 saturated heterocycles. The van der Waals surface area contributed by atoms with Crippen LogP contribution in [0.4, 0.5) is 0 Å². The molecule has 0 heterocycles. The predicted octanol–water partition coefficient (Wildman–Crippen LogP) is 5.91. The molecule has 1 rings (SSSR count). The normalized spacial score (nSPS) is 12.3. The second-order valence-corrected chi connectivity index (χ2v) is 19.1. The van der Waals surface area contributed by atoms with Gasteiger partial charge in [0.1, 0.15) is 11.5 Å². The molecule has 0 amide bonds. The minimum Gasteiger partial charge on any atom is -0.493 e. The fraction of sp³-hybridized carbons (Fsp3) is 0.714. The molecule has 0 atom stereocenters. The van der Waals surface area contributed by atoms with Gasteiger partial charge >= 0.3 is 0 Å². The Balaban J connectivity index is 2.60. The number of aryl methyl sites for hydroxylation is 2. The fourth-order valence-electron chi connectivity index (χ4n) is 2.71. The van der Waals surface area contributed by atoms with Gasteiger partial charge in [0.25, 0.3) is 0 Å². The Hall–Kier alpha value is -0.320. The molecular weight excluding hydrogens is 346 g/mol. The third-order valence-corrected chi connectivity index (χ3v) is 7.52. The Morgan fingerprint density at radius 1 is 0.760 bits per heavy atom. The zero-order chi connectivity index (χ0) is 19.1. The van der Waals surface area contributed by atoms with Gasteiger partial charge in [-0.05, 0) is 36.6 Å². The maximum absolute atomic E-state index is 6.10. The van der Waals surface area contributed by atoms with Crippen molar-refractivity contribution in [3.63, 3.8) is 0 Å². The maximum atomic E-state index is 6.10. The Morgan fingerprint density at radius 3 is 1.68 bits per heavy atom. The molecule has 0 aliphatic rings. The lowest BCUT2D eigenvalue weighted by Gasteiger charge is -2.17. The summed E-state index contributed by atoms with van der Waals surface area (Å²) in [5.74, 6) is 2.07. The first-order valence-corrected chi connectivity index (χ1v) is 16.1. The zero-order valence-electron chi connectivity index (χ0n) is 17.8. The van der Waals surface area contributed by atoms with Gasteiger partial charge in [0.15, 0.2) is 0 Å². The standard InChI is InChI=1S/C21H40O2P2/c1-9-19-17-20(22-12-10-14-24(3,4)5)18(2)16-21(19)23-13-11-15-25(6,7)8/h16-17H,9-15H2,1-8H3/q+2. The van der Waals surface area contributed by atoms with E-state index in [4.69, 9.17) is 9.47 Å². The van der Waals surface area contributed by atoms with Crippen molar-refractivity contribution in [1.82, 2.24) is 0 Å². The lowest BCUT2D eigenvalue weighted by Crippen LogP contribution is -2.06. The van der Waals surface area contributed by atoms with Crippen LogP contribution in [0.3, 0.4) is 0 Å². The Kier molecular flexibility index (Phi) is 9.20. The summed E-state index contributed by atoms with van der Waals surface area (Å²) in [7, 11) is -1.40. The van der Waals surface area contributed by atoms with Crippen LogP contribution in [0.2, 0.25) is 0 Å². The van der Waals surface area contributed by atoms with E-state index in [0.29, 0.717) is 0 Å². The Morgan fingerprint density at radius 2 is 1.24 bits per heavy atom. The highest BCUT2D eigenvalue weighted by Crippen LogP contribution is 2.47. The van der Waals surface area contributed by atoms with Crippen molar-refractivity contribution >= 4 is 14.5 Å². The molecule has 0 aliphatic carbocycles. The summed E-state index contributed by atoms with van der Waals surface area (Å²) in [6, 6.07) is 4.35. The topological polar surface area (TPSA) is 18.5 Å². The van der Waals surface area contributed by atoms with E-state index in [9.17, 15) is 0 Å². The molecule has 0 bridgehead atoms. The van der Waals surface area contributed by atoms with Gasteiger partial charge in [-0.25, -0.2) is 0 Å². The van der Waals surface area contributed by atoms with Gasteiger partial charge in [0.2, 0.25) is 0 Å². The molecule has 0 unspecified atom stereocenters. The number of ether oxygens (including phenoxy) is 2. The smallest absolute Gasteiger partial charge is 0.123 e. The summed E-state index contributed by atoms with van der Waals surface area (Å²) in [5.41, 5.74) is 2.44. The van der Waals surface area contributed by atoms with Crippen molar-refractivity contribution in [3.05, 3.63) is 23.3 Å². The van der Waals surface area contributed by atoms with Crippen LogP contribution >= 0.6 is 14.5 Å². The quantitative estimate of drug-likeness (QED) is 0.348. The molecule has 0 aromatic heterocycles. The lowest BCUT2D eigenvalue weighted by atomic mass is 10.1. The molecule has 1 aromatic carbocycles. The molecule has 144 valence electrons. The lowest BCUT2D eigenvalue weighted by molar-refractivity contribution is 0.305. The van der Waals surface area contributed by atoms with Crippen LogP contribution in [-0.2, 0) is 6.42 Å². The molecular formula is C21H40O2P2+2. The molecule has 1 aromatic rings. The van der Waals surface area contributed by atoms with Crippen LogP contribution in [0.15, 0.2) is 12.1 Å². The monoisotopic (exact) mass is 386 g/mol. The van der Waals surface area contributed by atoms with E-state index in [0.717, 1.165) is 44.0 Å². The van der Waals surface area contributed by atoms with Gasteiger partial charge in [-0.3, -0.25) is 0 Å². The van der Waals surface area contributed by atoms with Gasteiger partial charge in [0.05, 0.1) is 25.5 Å². The third-order valence-electron chi connectivity index (χ3n) is 4.20. The van der Waals surface area contributed by atoms with Gasteiger partial charge in [-0.2, -0.15) is 0 Å². The summed E-state index contributed by atoms with van der Waals surface area (Å²) in [5, 5.41) is 0. The second-order valence-electron chi connectivity index (χ2n) is 9.01. The average molecular weight is 386 g/mol. The SMILES string of the molecule is CCc1cc(OCCC[P+](C)(C)C)c(C)cc1OCCC[P+](C)(C)C. The largest absolute Gasteiger partial charge is 0.493 e. The van der Waals surface area contributed by atoms with Crippen LogP contribution < -0.4 is 9.47 Å². The molecule has 2 nitrogen and oxygen atoms in total. The Labute approximate surface area is 157 Å². The van der Waals surface area contributed by atoms with Crippen LogP contribution in [0.1, 0.15) is 30.9 Å². The summed E-state index contributed by atoms with van der Waals surface area (Å²) >= 11 is 0. The molecule has 0 saturated carbocycles. The van der Waals surface area contributed by atoms with Gasteiger partial charge in [-0.1, -0.05) is 6.92 Å². The summed E-state index contributed by atoms with van der Waals surface area (Å²) in [6.45, 7) is 20.3. The molecule has 0 aliphatic heterocycles. The fourth-order valence-corrected chi connectivity index (χ4v) is 4.87. The maximum Gasteiger partial charge on any atom is 0.123 e. The molecule has 25 heavy (non-hydrogen) atoms. The van der Waals surface area contributed by atoms with Crippen molar-refractivity contribution in [2.75, 3.05) is 65.5 Å². The first-order chi connectivity index (χ1) is 11.5. The summed E-state index contributed by atoms with van der Waals surface area (Å²) in [4.78, 5) is 0. The Bertz CT molecular complexity index is 528. The van der Waals surface area contributed by atoms with Crippen LogP contribution in [0.25, 0.3) is 0 Å². The van der Waals surface area contributed by atoms with Gasteiger partial charge in [-0.15, -0.1) is 0 Å². The predicted molar refractivity (Wildman–Crippen MR) is 120 cm³/mol. The van der Waals surface area contributed by atoms with Crippen molar-refractivity contribution in [3.8, 4) is 11.5 Å². The minimum absolute atomic E-state index is 0.698. The number of hydrogen-bond donors (Lipinski definition) is 0. The van der Waals surface area contributed by atoms with E-state index in [1.54, 1.807) is 0 Å². The van der Waals surface area contributed by atoms with E-state index < -0.39 is 14.5 Å². The first kappa shape index (κ1) is 22.7. The van der Waals surface area contributed by atoms with E-state index in [-0.39, 0.29) is 0 Å². The van der Waals surface area contributed by atoms with Gasteiger partial charge in [0, 0.05) is 67.4 Å². The van der Waals surface area contributed by atoms with Crippen LogP contribution in [0, 0.1) is 6.92 Å². The van der Waals surface area contributed by atoms with Crippen LogP contribution in [-0.4, -0.2) is 65.5 Å². The average Bonchev–Trinajstić information content (AvgIpc) is 2.47. The molecule has 0 fully saturated rings. The number of benzene rings is 1. The molecule has 0 spiro atoms. The van der Waals surface area contributed by atoms with E-state index >= 15 is 0 Å². The second kappa shape index (κ2) is 10.1. The van der Waals surface area contributed by atoms with Crippen molar-refractivity contribution in [2.24, 2.45) is 0 Å². The molecule has 4 heteroatoms. The zero-order valence-corrected chi connectivity index (χ0v) is 19.6. The molecule has 0 radical (unpaired) electrons. The van der Waals surface area contributed by atoms with Crippen molar-refractivity contribution in [2.45, 2.75) is 33.1 Å². The first-order valence-electron chi connectivity index (χ1n) is 9.52. The summed E-state index contributed by atoms with van der Waals surface area (Å²) in [6.07, 6.45) is 5.86. The van der Waals surface area contributed by atoms with Gasteiger partial charge < -0.3 is 9.47 Å². The highest BCUT2D eigenvalue weighted by atomic mass is 31.2. The third kappa shape index (κ3) is 9.81. The van der Waals surface area contributed by atoms with E-state index in [2.05, 4.69) is 66.0 Å². The highest BCUT2D eigenvalue weighted by molar-refractivity contribution is 7.74. The van der Waals surface area contributed by atoms with Crippen molar-refractivity contribution in [1.29, 1.82) is 0 Å². The summed E-state index contributed by atoms with van der Waals surface area (Å²) < 4.78 is 12.2. The van der Waals surface area contributed by atoms with Crippen LogP contribution in [0.5, 0.6) is 11.5 Å². The minimum atomic E-state index is -0.699. The number of rotatable bonds is 11. The van der Waals surface area contributed by atoms with Crippen molar-refractivity contribution < 1.29 is 9.47 Å². The molecule has 0 N–H and O–H groups in total.